The topological polar surface area (TPSA) is 118 Å². The zero-order valence-corrected chi connectivity index (χ0v) is 22.7. The van der Waals surface area contributed by atoms with Crippen LogP contribution in [0, 0.1) is 0 Å². The molecule has 9 nitrogen and oxygen atoms in total. The predicted molar refractivity (Wildman–Crippen MR) is 142 cm³/mol. The molecule has 1 saturated carbocycles. The second-order valence-electron chi connectivity index (χ2n) is 10.5. The van der Waals surface area contributed by atoms with E-state index in [0.717, 1.165) is 12.1 Å². The van der Waals surface area contributed by atoms with E-state index in [1.807, 2.05) is 0 Å². The molecular formula is C28H27F4N3O6S. The Morgan fingerprint density at radius 3 is 2.52 bits per heavy atom. The molecule has 2 aliphatic heterocycles. The van der Waals surface area contributed by atoms with Gasteiger partial charge >= 0.3 is 12.4 Å². The summed E-state index contributed by atoms with van der Waals surface area (Å²) in [4.78, 5) is 17.8. The number of rotatable bonds is 7. The number of sulfonamides is 1. The fourth-order valence-corrected chi connectivity index (χ4v) is 7.10. The van der Waals surface area contributed by atoms with Crippen LogP contribution < -0.4 is 10.1 Å². The number of nitrogens with one attached hydrogen (secondary N) is 1. The molecule has 1 amide bonds. The molecule has 0 spiro atoms. The number of hydrogen-bond donors (Lipinski definition) is 2. The van der Waals surface area contributed by atoms with Crippen molar-refractivity contribution in [1.29, 1.82) is 0 Å². The Morgan fingerprint density at radius 2 is 1.83 bits per heavy atom. The first kappa shape index (κ1) is 28.5. The quantitative estimate of drug-likeness (QED) is 0.369. The average molecular weight is 610 g/mol. The van der Waals surface area contributed by atoms with Gasteiger partial charge in [0, 0.05) is 19.6 Å². The van der Waals surface area contributed by atoms with E-state index >= 15 is 0 Å². The number of fused-ring (bicyclic) bond motifs is 1. The third-order valence-corrected chi connectivity index (χ3v) is 9.75. The summed E-state index contributed by atoms with van der Waals surface area (Å²) in [5.74, 6) is -1.07. The summed E-state index contributed by atoms with van der Waals surface area (Å²) in [6, 6.07) is 13.7. The largest absolute Gasteiger partial charge is 0.540 e. The SMILES string of the molecule is O=C(Nc1cccc(-c2ccc(S(=O)(=O)N3CCC[C@@H]3CO)cc2)n1)C1(c2ccc3c(c2)C(F)(F)OC(F)(F)O3)CC1.[HH]. The van der Waals surface area contributed by atoms with Gasteiger partial charge in [0.2, 0.25) is 15.9 Å². The molecule has 2 fully saturated rings. The minimum atomic E-state index is -4.49. The maximum absolute atomic E-state index is 14.3. The van der Waals surface area contributed by atoms with E-state index in [1.54, 1.807) is 30.3 Å². The van der Waals surface area contributed by atoms with Crippen LogP contribution in [0.2, 0.25) is 0 Å². The van der Waals surface area contributed by atoms with Crippen LogP contribution in [0.15, 0.2) is 65.6 Å². The Kier molecular flexibility index (Phi) is 6.79. The van der Waals surface area contributed by atoms with E-state index in [1.165, 1.54) is 22.5 Å². The van der Waals surface area contributed by atoms with E-state index in [-0.39, 0.29) is 24.3 Å². The van der Waals surface area contributed by atoms with Crippen LogP contribution in [0.25, 0.3) is 11.3 Å². The fourth-order valence-electron chi connectivity index (χ4n) is 5.41. The lowest BCUT2D eigenvalue weighted by Crippen LogP contribution is -2.41. The Balaban J connectivity index is 0.00000368. The van der Waals surface area contributed by atoms with Gasteiger partial charge in [-0.25, -0.2) is 18.1 Å². The van der Waals surface area contributed by atoms with E-state index in [0.29, 0.717) is 43.5 Å². The molecule has 3 aromatic rings. The number of benzene rings is 2. The molecule has 3 heterocycles. The molecule has 1 atom stereocenters. The second-order valence-corrected chi connectivity index (χ2v) is 12.3. The van der Waals surface area contributed by atoms with Crippen molar-refractivity contribution in [2.45, 2.75) is 54.4 Å². The molecule has 14 heteroatoms. The van der Waals surface area contributed by atoms with E-state index in [4.69, 9.17) is 0 Å². The van der Waals surface area contributed by atoms with Gasteiger partial charge in [-0.1, -0.05) is 24.3 Å². The number of amides is 1. The van der Waals surface area contributed by atoms with Crippen LogP contribution in [0.4, 0.5) is 23.4 Å². The maximum Gasteiger partial charge on any atom is 0.540 e. The molecule has 1 aliphatic carbocycles. The van der Waals surface area contributed by atoms with Crippen LogP contribution in [0.1, 0.15) is 38.2 Å². The monoisotopic (exact) mass is 609 g/mol. The van der Waals surface area contributed by atoms with Gasteiger partial charge in [0.25, 0.3) is 0 Å². The summed E-state index contributed by atoms with van der Waals surface area (Å²) in [6.45, 7) is 0.0905. The van der Waals surface area contributed by atoms with Gasteiger partial charge in [-0.2, -0.15) is 13.1 Å². The lowest BCUT2D eigenvalue weighted by atomic mass is 9.92. The number of aliphatic hydroxyl groups is 1. The van der Waals surface area contributed by atoms with E-state index in [9.17, 15) is 35.9 Å². The molecule has 1 saturated heterocycles. The first-order chi connectivity index (χ1) is 19.8. The molecule has 224 valence electrons. The molecular weight excluding hydrogens is 582 g/mol. The van der Waals surface area contributed by atoms with Crippen LogP contribution >= 0.6 is 0 Å². The number of alkyl halides is 4. The van der Waals surface area contributed by atoms with Crippen molar-refractivity contribution in [2.24, 2.45) is 0 Å². The molecule has 6 rings (SSSR count). The summed E-state index contributed by atoms with van der Waals surface area (Å²) in [5, 5.41) is 12.2. The fraction of sp³-hybridized carbons (Fsp3) is 0.357. The maximum atomic E-state index is 14.3. The van der Waals surface area contributed by atoms with Crippen molar-refractivity contribution in [3.63, 3.8) is 0 Å². The average Bonchev–Trinajstić information content (AvgIpc) is 3.61. The van der Waals surface area contributed by atoms with Crippen molar-refractivity contribution in [1.82, 2.24) is 9.29 Å². The molecule has 2 N–H and O–H groups in total. The van der Waals surface area contributed by atoms with E-state index in [2.05, 4.69) is 19.8 Å². The number of halogens is 4. The smallest absolute Gasteiger partial charge is 0.409 e. The number of ether oxygens (including phenoxy) is 2. The molecule has 0 radical (unpaired) electrons. The highest BCUT2D eigenvalue weighted by Gasteiger charge is 2.57. The Labute approximate surface area is 239 Å². The van der Waals surface area contributed by atoms with Crippen molar-refractivity contribution in [2.75, 3.05) is 18.5 Å². The summed E-state index contributed by atoms with van der Waals surface area (Å²) in [5.41, 5.74) is -0.835. The lowest BCUT2D eigenvalue weighted by molar-refractivity contribution is -0.461. The summed E-state index contributed by atoms with van der Waals surface area (Å²) < 4.78 is 90.5. The minimum Gasteiger partial charge on any atom is -0.409 e. The van der Waals surface area contributed by atoms with Crippen LogP contribution in [0.3, 0.4) is 0 Å². The molecule has 3 aliphatic rings. The highest BCUT2D eigenvalue weighted by atomic mass is 32.2. The first-order valence-corrected chi connectivity index (χ1v) is 14.6. The highest BCUT2D eigenvalue weighted by Crippen LogP contribution is 2.53. The molecule has 42 heavy (non-hydrogen) atoms. The van der Waals surface area contributed by atoms with Gasteiger partial charge in [-0.05, 0) is 67.6 Å². The summed E-state index contributed by atoms with van der Waals surface area (Å²) >= 11 is 0. The number of pyridine rings is 1. The van der Waals surface area contributed by atoms with Crippen LogP contribution in [-0.2, 0) is 31.1 Å². The zero-order valence-electron chi connectivity index (χ0n) is 21.9. The van der Waals surface area contributed by atoms with Gasteiger partial charge in [-0.15, -0.1) is 8.78 Å². The van der Waals surface area contributed by atoms with Crippen molar-refractivity contribution >= 4 is 21.7 Å². The van der Waals surface area contributed by atoms with Crippen LogP contribution in [0.5, 0.6) is 5.75 Å². The molecule has 2 aromatic carbocycles. The van der Waals surface area contributed by atoms with Gasteiger partial charge in [0.05, 0.1) is 28.2 Å². The lowest BCUT2D eigenvalue weighted by Gasteiger charge is -2.31. The third-order valence-electron chi connectivity index (χ3n) is 7.79. The summed E-state index contributed by atoms with van der Waals surface area (Å²) in [7, 11) is -3.78. The van der Waals surface area contributed by atoms with Crippen molar-refractivity contribution in [3.8, 4) is 17.0 Å². The number of anilines is 1. The van der Waals surface area contributed by atoms with Crippen molar-refractivity contribution < 1.29 is 46.8 Å². The predicted octanol–water partition coefficient (Wildman–Crippen LogP) is 4.82. The van der Waals surface area contributed by atoms with E-state index < -0.39 is 51.1 Å². The van der Waals surface area contributed by atoms with Gasteiger partial charge < -0.3 is 15.2 Å². The molecule has 0 unspecified atom stereocenters. The number of carbonyl (C=O) groups excluding carboxylic acids is 1. The number of hydrogen-bond acceptors (Lipinski definition) is 7. The summed E-state index contributed by atoms with van der Waals surface area (Å²) in [6.07, 6.45) is -6.87. The van der Waals surface area contributed by atoms with Gasteiger partial charge in [0.1, 0.15) is 11.6 Å². The van der Waals surface area contributed by atoms with Crippen LogP contribution in [-0.4, -0.2) is 54.2 Å². The standard InChI is InChI=1S/C28H25F4N3O6S.H2/c29-27(30)21-15-18(8-11-23(21)40-28(31,32)41-27)26(12-13-26)25(37)34-24-5-1-4-22(33-24)17-6-9-20(10-7-17)42(38,39)35-14-2-3-19(35)16-36;/h1,4-11,15,19,36H,2-3,12-14,16H2,(H,33,34,37);1H/t19-;/m1./s1. The van der Waals surface area contributed by atoms with Crippen molar-refractivity contribution in [3.05, 3.63) is 71.8 Å². The number of aliphatic hydroxyl groups excluding tert-OH is 1. The Morgan fingerprint density at radius 1 is 1.10 bits per heavy atom. The van der Waals surface area contributed by atoms with Gasteiger partial charge in [0.15, 0.2) is 0 Å². The minimum absolute atomic E-state index is 0. The molecule has 0 bridgehead atoms. The number of carbonyl (C=O) groups is 1. The van der Waals surface area contributed by atoms with Gasteiger partial charge in [-0.3, -0.25) is 4.79 Å². The normalized spacial score (nSPS) is 22.2. The molecule has 1 aromatic heterocycles. The third kappa shape index (κ3) is 5.02. The first-order valence-electron chi connectivity index (χ1n) is 13.2. The Hall–Kier alpha value is -3.59. The highest BCUT2D eigenvalue weighted by molar-refractivity contribution is 7.89. The number of nitrogens with zero attached hydrogens (tertiary/aromatic N) is 2. The zero-order chi connectivity index (χ0) is 29.9. The Bertz CT molecular complexity index is 1650. The number of aromatic nitrogens is 1. The second kappa shape index (κ2) is 10.0.